The van der Waals surface area contributed by atoms with Crippen molar-refractivity contribution in [2.75, 3.05) is 32.8 Å². The Morgan fingerprint density at radius 1 is 1.12 bits per heavy atom. The van der Waals surface area contributed by atoms with Gasteiger partial charge >= 0.3 is 0 Å². The Bertz CT molecular complexity index is 1020. The molecule has 5 heteroatoms. The van der Waals surface area contributed by atoms with Gasteiger partial charge in [0.2, 0.25) is 5.91 Å². The minimum Gasteiger partial charge on any atom is -0.481 e. The molecule has 166 valence electrons. The zero-order chi connectivity index (χ0) is 22.1. The molecule has 0 aromatic heterocycles. The Morgan fingerprint density at radius 2 is 1.91 bits per heavy atom. The predicted octanol–water partition coefficient (Wildman–Crippen LogP) is 4.04. The van der Waals surface area contributed by atoms with Crippen LogP contribution >= 0.6 is 0 Å². The van der Waals surface area contributed by atoms with Gasteiger partial charge in [0.15, 0.2) is 0 Å². The molecule has 3 fully saturated rings. The molecule has 0 spiro atoms. The summed E-state index contributed by atoms with van der Waals surface area (Å²) in [5.41, 5.74) is 3.17. The summed E-state index contributed by atoms with van der Waals surface area (Å²) in [6.07, 6.45) is 9.11. The number of carbonyl (C=O) groups is 1. The van der Waals surface area contributed by atoms with Gasteiger partial charge in [-0.15, -0.1) is 6.42 Å². The first-order valence-electron chi connectivity index (χ1n) is 11.6. The fraction of sp³-hybridized carbons (Fsp3) is 0.444. The lowest BCUT2D eigenvalue weighted by Gasteiger charge is -2.46. The fourth-order valence-corrected chi connectivity index (χ4v) is 5.75. The van der Waals surface area contributed by atoms with Gasteiger partial charge in [0.05, 0.1) is 6.04 Å². The summed E-state index contributed by atoms with van der Waals surface area (Å²) in [7, 11) is 0. The van der Waals surface area contributed by atoms with Crippen LogP contribution in [0, 0.1) is 30.0 Å². The molecule has 0 radical (unpaired) electrons. The van der Waals surface area contributed by atoms with Crippen LogP contribution in [0.1, 0.15) is 42.0 Å². The highest BCUT2D eigenvalue weighted by Gasteiger charge is 2.38. The molecule has 3 saturated heterocycles. The Labute approximate surface area is 189 Å². The lowest BCUT2D eigenvalue weighted by molar-refractivity contribution is -0.136. The number of rotatable bonds is 5. The van der Waals surface area contributed by atoms with Crippen molar-refractivity contribution < 1.29 is 13.9 Å². The van der Waals surface area contributed by atoms with Crippen molar-refractivity contribution in [1.29, 1.82) is 0 Å². The molecule has 2 aromatic rings. The smallest absolute Gasteiger partial charge is 0.223 e. The molecule has 6 rings (SSSR count). The van der Waals surface area contributed by atoms with E-state index in [1.54, 1.807) is 12.1 Å². The maximum absolute atomic E-state index is 13.7. The Kier molecular flexibility index (Phi) is 5.89. The molecule has 2 aromatic carbocycles. The van der Waals surface area contributed by atoms with Crippen LogP contribution in [0.5, 0.6) is 5.75 Å². The number of fused-ring (bicyclic) bond motifs is 4. The number of terminal acetylenes is 1. The van der Waals surface area contributed by atoms with Gasteiger partial charge in [-0.05, 0) is 85.1 Å². The van der Waals surface area contributed by atoms with Gasteiger partial charge in [-0.2, -0.15) is 0 Å². The maximum Gasteiger partial charge on any atom is 0.223 e. The minimum absolute atomic E-state index is 0.205. The largest absolute Gasteiger partial charge is 0.481 e. The first kappa shape index (κ1) is 21.0. The highest BCUT2D eigenvalue weighted by atomic mass is 19.1. The van der Waals surface area contributed by atoms with E-state index in [4.69, 9.17) is 11.2 Å². The molecule has 2 atom stereocenters. The number of ether oxygens (including phenoxy) is 1. The zero-order valence-electron chi connectivity index (χ0n) is 18.3. The summed E-state index contributed by atoms with van der Waals surface area (Å²) in [6.45, 7) is 4.26. The molecule has 0 unspecified atom stereocenters. The molecular weight excluding hydrogens is 403 g/mol. The quantitative estimate of drug-likeness (QED) is 0.669. The summed E-state index contributed by atoms with van der Waals surface area (Å²) in [5.74, 6) is 4.28. The molecule has 0 saturated carbocycles. The third-order valence-electron chi connectivity index (χ3n) is 7.40. The van der Waals surface area contributed by atoms with Crippen molar-refractivity contribution in [3.63, 3.8) is 0 Å². The van der Waals surface area contributed by atoms with Crippen LogP contribution in [0.25, 0.3) is 0 Å². The van der Waals surface area contributed by atoms with Gasteiger partial charge in [-0.3, -0.25) is 4.79 Å². The average Bonchev–Trinajstić information content (AvgIpc) is 2.83. The lowest BCUT2D eigenvalue weighted by atomic mass is 9.77. The molecule has 1 amide bonds. The first-order valence-corrected chi connectivity index (χ1v) is 11.6. The standard InChI is InChI=1S/C27H29FN2O2/c1-2-15-32-24-7-8-25-21(16-24)11-14-30(27(25)20-3-5-23(28)6-4-20)26(31)17-22-18-29-12-9-19(22)10-13-29/h1,3-8,16,19,22,27H,9-15,17-18H2/t22-,27-/m1/s1. The van der Waals surface area contributed by atoms with E-state index >= 15 is 0 Å². The van der Waals surface area contributed by atoms with Gasteiger partial charge in [0, 0.05) is 19.5 Å². The van der Waals surface area contributed by atoms with Crippen molar-refractivity contribution in [2.24, 2.45) is 11.8 Å². The normalized spacial score (nSPS) is 26.3. The van der Waals surface area contributed by atoms with E-state index in [-0.39, 0.29) is 24.4 Å². The number of piperidine rings is 3. The Morgan fingerprint density at radius 3 is 2.59 bits per heavy atom. The zero-order valence-corrected chi connectivity index (χ0v) is 18.3. The maximum atomic E-state index is 13.7. The van der Waals surface area contributed by atoms with Gasteiger partial charge in [0.25, 0.3) is 0 Å². The van der Waals surface area contributed by atoms with Crippen LogP contribution in [0.2, 0.25) is 0 Å². The van der Waals surface area contributed by atoms with Crippen LogP contribution < -0.4 is 4.74 Å². The van der Waals surface area contributed by atoms with Gasteiger partial charge in [-0.25, -0.2) is 4.39 Å². The van der Waals surface area contributed by atoms with Gasteiger partial charge in [0.1, 0.15) is 18.2 Å². The molecule has 0 aliphatic carbocycles. The molecule has 4 nitrogen and oxygen atoms in total. The molecule has 4 aliphatic rings. The molecule has 32 heavy (non-hydrogen) atoms. The monoisotopic (exact) mass is 432 g/mol. The number of halogens is 1. The average molecular weight is 433 g/mol. The van der Waals surface area contributed by atoms with Gasteiger partial charge < -0.3 is 14.5 Å². The SMILES string of the molecule is C#CCOc1ccc2c(c1)CCN(C(=O)C[C@@H]1CN3CCC1CC3)[C@@H]2c1ccc(F)cc1. The second kappa shape index (κ2) is 8.96. The third-order valence-corrected chi connectivity index (χ3v) is 7.40. The summed E-state index contributed by atoms with van der Waals surface area (Å²) in [4.78, 5) is 18.1. The number of nitrogens with zero attached hydrogens (tertiary/aromatic N) is 2. The van der Waals surface area contributed by atoms with E-state index < -0.39 is 0 Å². The highest BCUT2D eigenvalue weighted by molar-refractivity contribution is 5.78. The second-order valence-corrected chi connectivity index (χ2v) is 9.25. The topological polar surface area (TPSA) is 32.8 Å². The van der Waals surface area contributed by atoms with E-state index in [2.05, 4.69) is 10.8 Å². The fourth-order valence-electron chi connectivity index (χ4n) is 5.75. The second-order valence-electron chi connectivity index (χ2n) is 9.25. The minimum atomic E-state index is -0.270. The highest BCUT2D eigenvalue weighted by Crippen LogP contribution is 2.39. The van der Waals surface area contributed by atoms with Crippen LogP contribution in [0.15, 0.2) is 42.5 Å². The Hall–Kier alpha value is -2.84. The van der Waals surface area contributed by atoms with Crippen LogP contribution in [-0.4, -0.2) is 48.5 Å². The van der Waals surface area contributed by atoms with Crippen LogP contribution in [-0.2, 0) is 11.2 Å². The molecule has 2 bridgehead atoms. The number of carbonyl (C=O) groups excluding carboxylic acids is 1. The summed E-state index contributed by atoms with van der Waals surface area (Å²) in [6, 6.07) is 12.3. The van der Waals surface area contributed by atoms with Crippen molar-refractivity contribution in [2.45, 2.75) is 31.7 Å². The van der Waals surface area contributed by atoms with E-state index in [9.17, 15) is 9.18 Å². The van der Waals surface area contributed by atoms with Crippen molar-refractivity contribution in [3.8, 4) is 18.1 Å². The van der Waals surface area contributed by atoms with Crippen molar-refractivity contribution in [3.05, 3.63) is 65.0 Å². The number of amides is 1. The summed E-state index contributed by atoms with van der Waals surface area (Å²) < 4.78 is 19.3. The van der Waals surface area contributed by atoms with E-state index in [0.29, 0.717) is 24.8 Å². The van der Waals surface area contributed by atoms with Gasteiger partial charge in [-0.1, -0.05) is 24.1 Å². The number of hydrogen-bond donors (Lipinski definition) is 0. The molecule has 4 aliphatic heterocycles. The van der Waals surface area contributed by atoms with Crippen molar-refractivity contribution >= 4 is 5.91 Å². The van der Waals surface area contributed by atoms with E-state index in [1.807, 2.05) is 23.1 Å². The molecule has 0 N–H and O–H groups in total. The Balaban J connectivity index is 1.43. The number of benzene rings is 2. The molecule has 4 heterocycles. The lowest BCUT2D eigenvalue weighted by Crippen LogP contribution is -2.49. The summed E-state index contributed by atoms with van der Waals surface area (Å²) in [5, 5.41) is 0. The number of hydrogen-bond acceptors (Lipinski definition) is 3. The van der Waals surface area contributed by atoms with E-state index in [1.165, 1.54) is 38.1 Å². The predicted molar refractivity (Wildman–Crippen MR) is 122 cm³/mol. The third kappa shape index (κ3) is 4.12. The van der Waals surface area contributed by atoms with E-state index in [0.717, 1.165) is 35.4 Å². The molecular formula is C27H29FN2O2. The van der Waals surface area contributed by atoms with Crippen LogP contribution in [0.3, 0.4) is 0 Å². The first-order chi connectivity index (χ1) is 15.6. The van der Waals surface area contributed by atoms with Crippen molar-refractivity contribution in [1.82, 2.24) is 9.80 Å². The summed E-state index contributed by atoms with van der Waals surface area (Å²) >= 11 is 0. The van der Waals surface area contributed by atoms with Crippen LogP contribution in [0.4, 0.5) is 4.39 Å².